The highest BCUT2D eigenvalue weighted by Crippen LogP contribution is 2.41. The molecule has 1 fully saturated rings. The lowest BCUT2D eigenvalue weighted by Crippen LogP contribution is -2.35. The van der Waals surface area contributed by atoms with Gasteiger partial charge in [-0.1, -0.05) is 6.07 Å². The summed E-state index contributed by atoms with van der Waals surface area (Å²) in [6.07, 6.45) is -1.18. The number of carbonyl (C=O) groups is 2. The second-order valence-electron chi connectivity index (χ2n) is 6.61. The highest BCUT2D eigenvalue weighted by Gasteiger charge is 2.51. The average molecular weight is 411 g/mol. The van der Waals surface area contributed by atoms with Crippen LogP contribution in [0.3, 0.4) is 0 Å². The van der Waals surface area contributed by atoms with Crippen LogP contribution in [0, 0.1) is 17.0 Å². The first kappa shape index (κ1) is 19.4. The molecule has 2 aliphatic heterocycles. The van der Waals surface area contributed by atoms with Crippen LogP contribution in [0.4, 0.5) is 11.4 Å². The summed E-state index contributed by atoms with van der Waals surface area (Å²) in [7, 11) is 2.98. The van der Waals surface area contributed by atoms with Crippen molar-refractivity contribution in [2.75, 3.05) is 19.1 Å². The normalized spacial score (nSPS) is 17.8. The fraction of sp³-hybridized carbons (Fsp3) is 0.200. The number of carbonyl (C=O) groups excluding carboxylic acids is 2. The van der Waals surface area contributed by atoms with Crippen molar-refractivity contribution in [1.29, 1.82) is 0 Å². The lowest BCUT2D eigenvalue weighted by Gasteiger charge is -2.18. The Bertz CT molecular complexity index is 1130. The molecule has 2 aromatic carbocycles. The number of nitro groups is 1. The third-order valence-electron chi connectivity index (χ3n) is 5.08. The van der Waals surface area contributed by atoms with Crippen LogP contribution < -0.4 is 19.9 Å². The van der Waals surface area contributed by atoms with Gasteiger partial charge in [-0.3, -0.25) is 30.0 Å². The minimum absolute atomic E-state index is 0.0949. The van der Waals surface area contributed by atoms with Crippen LogP contribution in [0.15, 0.2) is 42.0 Å². The first-order valence-corrected chi connectivity index (χ1v) is 8.89. The molecule has 4 rings (SSSR count). The van der Waals surface area contributed by atoms with E-state index < -0.39 is 22.8 Å². The van der Waals surface area contributed by atoms with Gasteiger partial charge in [-0.25, -0.2) is 4.90 Å². The van der Waals surface area contributed by atoms with Crippen molar-refractivity contribution < 1.29 is 28.8 Å². The largest absolute Gasteiger partial charge is 0.497 e. The lowest BCUT2D eigenvalue weighted by molar-refractivity contribution is -0.385. The third kappa shape index (κ3) is 2.77. The summed E-state index contributed by atoms with van der Waals surface area (Å²) in [6.45, 7) is 1.49. The number of benzene rings is 2. The van der Waals surface area contributed by atoms with E-state index in [-0.39, 0.29) is 28.2 Å². The van der Waals surface area contributed by atoms with Gasteiger partial charge in [0.15, 0.2) is 6.10 Å². The van der Waals surface area contributed by atoms with E-state index in [0.717, 1.165) is 4.90 Å². The zero-order valence-electron chi connectivity index (χ0n) is 16.3. The van der Waals surface area contributed by atoms with Gasteiger partial charge < -0.3 is 9.47 Å². The van der Waals surface area contributed by atoms with Gasteiger partial charge in [0.05, 0.1) is 41.7 Å². The maximum Gasteiger partial charge on any atom is 0.274 e. The van der Waals surface area contributed by atoms with Crippen molar-refractivity contribution in [2.24, 2.45) is 0 Å². The van der Waals surface area contributed by atoms with E-state index >= 15 is 0 Å². The van der Waals surface area contributed by atoms with Gasteiger partial charge in [-0.2, -0.15) is 0 Å². The summed E-state index contributed by atoms with van der Waals surface area (Å²) in [5.41, 5.74) is 3.66. The van der Waals surface area contributed by atoms with E-state index in [1.165, 1.54) is 39.3 Å². The Hall–Kier alpha value is -3.92. The number of hydrogen-bond donors (Lipinski definition) is 1. The number of hydroxylamine groups is 1. The van der Waals surface area contributed by atoms with Gasteiger partial charge in [0.1, 0.15) is 11.5 Å². The zero-order valence-corrected chi connectivity index (χ0v) is 16.3. The number of nitro benzene ring substituents is 1. The van der Waals surface area contributed by atoms with Crippen LogP contribution in [0.25, 0.3) is 5.70 Å². The molecule has 0 unspecified atom stereocenters. The van der Waals surface area contributed by atoms with Gasteiger partial charge in [-0.05, 0) is 31.2 Å². The average Bonchev–Trinajstić information content (AvgIpc) is 3.28. The van der Waals surface area contributed by atoms with Crippen LogP contribution in [0.2, 0.25) is 0 Å². The Balaban J connectivity index is 1.85. The Morgan fingerprint density at radius 1 is 1.17 bits per heavy atom. The number of nitrogens with zero attached hydrogens (tertiary/aromatic N) is 2. The summed E-state index contributed by atoms with van der Waals surface area (Å²) in [6, 6.07) is 9.24. The molecule has 0 saturated carbocycles. The molecule has 1 saturated heterocycles. The molecular formula is C20H17N3O7. The molecule has 2 aliphatic rings. The number of nitrogens with one attached hydrogen (secondary N) is 1. The van der Waals surface area contributed by atoms with Crippen LogP contribution in [-0.2, 0) is 14.4 Å². The summed E-state index contributed by atoms with van der Waals surface area (Å²) in [4.78, 5) is 43.2. The molecule has 2 amide bonds. The summed E-state index contributed by atoms with van der Waals surface area (Å²) < 4.78 is 10.6. The van der Waals surface area contributed by atoms with E-state index in [9.17, 15) is 19.7 Å². The van der Waals surface area contributed by atoms with Gasteiger partial charge in [0, 0.05) is 11.6 Å². The highest BCUT2D eigenvalue weighted by molar-refractivity contribution is 6.33. The maximum atomic E-state index is 13.3. The zero-order chi connectivity index (χ0) is 21.6. The molecule has 0 bridgehead atoms. The fourth-order valence-corrected chi connectivity index (χ4v) is 3.58. The maximum absolute atomic E-state index is 13.3. The number of fused-ring (bicyclic) bond motifs is 1. The molecule has 2 heterocycles. The van der Waals surface area contributed by atoms with Crippen molar-refractivity contribution in [2.45, 2.75) is 13.0 Å². The van der Waals surface area contributed by atoms with E-state index in [2.05, 4.69) is 5.48 Å². The molecule has 0 spiro atoms. The molecule has 10 heteroatoms. The van der Waals surface area contributed by atoms with Gasteiger partial charge in [0.25, 0.3) is 17.5 Å². The standard InChI is InChI=1S/C20H17N3O7/c1-10-13(5-4-6-14(10)23(26)27)22-19(24)16-17(21-30-18(16)20(22)25)12-9-11(28-2)7-8-15(12)29-3/h4-9,18,21H,1-3H3/t18-/m1/s1. The number of rotatable bonds is 5. The third-order valence-corrected chi connectivity index (χ3v) is 5.08. The molecule has 0 aliphatic carbocycles. The van der Waals surface area contributed by atoms with Crippen molar-refractivity contribution in [3.8, 4) is 11.5 Å². The number of hydrogen-bond acceptors (Lipinski definition) is 8. The van der Waals surface area contributed by atoms with Crippen molar-refractivity contribution in [1.82, 2.24) is 5.48 Å². The minimum atomic E-state index is -1.18. The highest BCUT2D eigenvalue weighted by atomic mass is 16.7. The predicted molar refractivity (Wildman–Crippen MR) is 105 cm³/mol. The van der Waals surface area contributed by atoms with Crippen LogP contribution in [0.1, 0.15) is 11.1 Å². The topological polar surface area (TPSA) is 120 Å². The minimum Gasteiger partial charge on any atom is -0.497 e. The van der Waals surface area contributed by atoms with E-state index in [4.69, 9.17) is 14.3 Å². The molecule has 1 atom stereocenters. The Labute approximate surface area is 170 Å². The fourth-order valence-electron chi connectivity index (χ4n) is 3.58. The summed E-state index contributed by atoms with van der Waals surface area (Å²) in [5, 5.41) is 11.3. The van der Waals surface area contributed by atoms with Crippen LogP contribution in [0.5, 0.6) is 11.5 Å². The van der Waals surface area contributed by atoms with E-state index in [1.807, 2.05) is 0 Å². The number of methoxy groups -OCH3 is 2. The second kappa shape index (κ2) is 7.16. The second-order valence-corrected chi connectivity index (χ2v) is 6.61. The Kier molecular flexibility index (Phi) is 4.63. The number of ether oxygens (including phenoxy) is 2. The molecule has 30 heavy (non-hydrogen) atoms. The Morgan fingerprint density at radius 2 is 1.93 bits per heavy atom. The van der Waals surface area contributed by atoms with Gasteiger partial charge in [-0.15, -0.1) is 0 Å². The summed E-state index contributed by atoms with van der Waals surface area (Å²) >= 11 is 0. The molecule has 2 aromatic rings. The molecule has 0 aromatic heterocycles. The molecule has 0 radical (unpaired) electrons. The first-order chi connectivity index (χ1) is 14.4. The Morgan fingerprint density at radius 3 is 2.60 bits per heavy atom. The van der Waals surface area contributed by atoms with Gasteiger partial charge >= 0.3 is 0 Å². The molecule has 10 nitrogen and oxygen atoms in total. The smallest absolute Gasteiger partial charge is 0.274 e. The van der Waals surface area contributed by atoms with Crippen LogP contribution in [-0.4, -0.2) is 37.1 Å². The van der Waals surface area contributed by atoms with Crippen molar-refractivity contribution in [3.05, 3.63) is 63.2 Å². The summed E-state index contributed by atoms with van der Waals surface area (Å²) in [5.74, 6) is -0.297. The monoisotopic (exact) mass is 411 g/mol. The van der Waals surface area contributed by atoms with Crippen molar-refractivity contribution >= 4 is 28.9 Å². The van der Waals surface area contributed by atoms with Gasteiger partial charge in [0.2, 0.25) is 0 Å². The SMILES string of the molecule is COc1ccc(OC)c(C2=C3C(=O)N(c4cccc([N+](=O)[O-])c4C)C(=O)[C@@H]3ON2)c1. The lowest BCUT2D eigenvalue weighted by atomic mass is 10.0. The predicted octanol–water partition coefficient (Wildman–Crippen LogP) is 2.11. The van der Waals surface area contributed by atoms with Crippen molar-refractivity contribution in [3.63, 3.8) is 0 Å². The van der Waals surface area contributed by atoms with Crippen LogP contribution >= 0.6 is 0 Å². The molecule has 1 N–H and O–H groups in total. The van der Waals surface area contributed by atoms with E-state index in [0.29, 0.717) is 17.1 Å². The number of amides is 2. The number of imide groups is 1. The quantitative estimate of drug-likeness (QED) is 0.451. The van der Waals surface area contributed by atoms with E-state index in [1.54, 1.807) is 18.2 Å². The first-order valence-electron chi connectivity index (χ1n) is 8.89. The number of anilines is 1. The molecular weight excluding hydrogens is 394 g/mol. The molecule has 154 valence electrons.